The van der Waals surface area contributed by atoms with Crippen LogP contribution in [0.25, 0.3) is 0 Å². The van der Waals surface area contributed by atoms with Gasteiger partial charge < -0.3 is 24.8 Å². The molecule has 9 nitrogen and oxygen atoms in total. The third-order valence-corrected chi connectivity index (χ3v) is 6.15. The Labute approximate surface area is 220 Å². The summed E-state index contributed by atoms with van der Waals surface area (Å²) in [6, 6.07) is 15.7. The van der Waals surface area contributed by atoms with Gasteiger partial charge in [0.05, 0.1) is 23.8 Å². The van der Waals surface area contributed by atoms with Gasteiger partial charge in [0, 0.05) is 24.2 Å². The molecular weight excluding hydrogens is 496 g/mol. The Balaban J connectivity index is 1.58. The first-order valence-corrected chi connectivity index (χ1v) is 12.5. The third kappa shape index (κ3) is 7.33. The quantitative estimate of drug-likeness (QED) is 0.543. The molecule has 0 unspecified atom stereocenters. The summed E-state index contributed by atoms with van der Waals surface area (Å²) in [4.78, 5) is 40.5. The lowest BCUT2D eigenvalue weighted by atomic mass is 10.1. The molecule has 3 amide bonds. The Morgan fingerprint density at radius 1 is 1.14 bits per heavy atom. The number of fused-ring (bicyclic) bond motifs is 1. The standard InChI is InChI=1S/C27H29ClN4O5/c1-18-13-24(37-31-18)27(35)32-12-6-5-11-29-26(34)22-15-20(28)9-10-23(22)36-17-21(30-25(33)16-32)14-19-7-3-2-4-8-19/h2-4,7-10,13,15,21H,5-6,11-12,14,16-17H2,1H3,(H,29,34)(H,30,33)/t21-/m0/s1. The number of halogens is 1. The Morgan fingerprint density at radius 2 is 1.95 bits per heavy atom. The molecule has 0 fully saturated rings. The fourth-order valence-electron chi connectivity index (χ4n) is 4.09. The molecule has 2 N–H and O–H groups in total. The van der Waals surface area contributed by atoms with E-state index in [1.807, 2.05) is 30.3 Å². The minimum atomic E-state index is -0.420. The predicted molar refractivity (Wildman–Crippen MR) is 138 cm³/mol. The Kier molecular flexibility index (Phi) is 8.79. The number of aromatic nitrogens is 1. The van der Waals surface area contributed by atoms with Crippen LogP contribution in [0.2, 0.25) is 5.02 Å². The van der Waals surface area contributed by atoms with Gasteiger partial charge in [-0.1, -0.05) is 47.1 Å². The highest BCUT2D eigenvalue weighted by molar-refractivity contribution is 6.31. The van der Waals surface area contributed by atoms with Crippen LogP contribution in [-0.2, 0) is 11.2 Å². The van der Waals surface area contributed by atoms with Crippen molar-refractivity contribution < 1.29 is 23.6 Å². The van der Waals surface area contributed by atoms with E-state index in [9.17, 15) is 14.4 Å². The molecule has 1 aliphatic heterocycles. The van der Waals surface area contributed by atoms with Gasteiger partial charge in [0.15, 0.2) is 0 Å². The van der Waals surface area contributed by atoms with Crippen molar-refractivity contribution in [2.75, 3.05) is 26.2 Å². The molecular formula is C27H29ClN4O5. The molecule has 0 saturated carbocycles. The minimum absolute atomic E-state index is 0.0769. The molecule has 0 saturated heterocycles. The Hall–Kier alpha value is -3.85. The molecule has 194 valence electrons. The lowest BCUT2D eigenvalue weighted by Gasteiger charge is -2.24. The topological polar surface area (TPSA) is 114 Å². The summed E-state index contributed by atoms with van der Waals surface area (Å²) in [5.41, 5.74) is 1.91. The molecule has 2 heterocycles. The van der Waals surface area contributed by atoms with E-state index in [2.05, 4.69) is 15.8 Å². The summed E-state index contributed by atoms with van der Waals surface area (Å²) in [5, 5.41) is 10.1. The first-order chi connectivity index (χ1) is 17.9. The number of hydrogen-bond donors (Lipinski definition) is 2. The highest BCUT2D eigenvalue weighted by atomic mass is 35.5. The first kappa shape index (κ1) is 26.2. The predicted octanol–water partition coefficient (Wildman–Crippen LogP) is 3.41. The van der Waals surface area contributed by atoms with E-state index in [0.29, 0.717) is 54.4 Å². The van der Waals surface area contributed by atoms with Crippen LogP contribution < -0.4 is 15.4 Å². The van der Waals surface area contributed by atoms with E-state index in [1.165, 1.54) is 4.90 Å². The van der Waals surface area contributed by atoms with Crippen molar-refractivity contribution >= 4 is 29.3 Å². The molecule has 0 spiro atoms. The average molecular weight is 525 g/mol. The van der Waals surface area contributed by atoms with E-state index >= 15 is 0 Å². The van der Waals surface area contributed by atoms with E-state index < -0.39 is 11.9 Å². The van der Waals surface area contributed by atoms with Crippen LogP contribution in [0.3, 0.4) is 0 Å². The van der Waals surface area contributed by atoms with Crippen LogP contribution in [0.4, 0.5) is 0 Å². The maximum absolute atomic E-state index is 13.1. The smallest absolute Gasteiger partial charge is 0.292 e. The third-order valence-electron chi connectivity index (χ3n) is 5.92. The highest BCUT2D eigenvalue weighted by Crippen LogP contribution is 2.23. The normalized spacial score (nSPS) is 17.5. The number of aryl methyl sites for hydroxylation is 1. The number of nitrogens with one attached hydrogen (secondary N) is 2. The zero-order valence-electron chi connectivity index (χ0n) is 20.5. The van der Waals surface area contributed by atoms with E-state index in [-0.39, 0.29) is 30.7 Å². The van der Waals surface area contributed by atoms with Crippen molar-refractivity contribution in [1.82, 2.24) is 20.7 Å². The van der Waals surface area contributed by atoms with Gasteiger partial charge >= 0.3 is 0 Å². The first-order valence-electron chi connectivity index (χ1n) is 12.2. The highest BCUT2D eigenvalue weighted by Gasteiger charge is 2.24. The van der Waals surface area contributed by atoms with Crippen molar-refractivity contribution in [2.45, 2.75) is 32.2 Å². The molecule has 3 aromatic rings. The van der Waals surface area contributed by atoms with Crippen LogP contribution in [0.5, 0.6) is 5.75 Å². The minimum Gasteiger partial charge on any atom is -0.491 e. The van der Waals surface area contributed by atoms with Crippen molar-refractivity contribution in [3.63, 3.8) is 0 Å². The van der Waals surface area contributed by atoms with Crippen molar-refractivity contribution in [3.05, 3.63) is 82.2 Å². The Bertz CT molecular complexity index is 1250. The molecule has 2 aromatic carbocycles. The lowest BCUT2D eigenvalue weighted by Crippen LogP contribution is -2.47. The van der Waals surface area contributed by atoms with Crippen LogP contribution >= 0.6 is 11.6 Å². The molecule has 37 heavy (non-hydrogen) atoms. The van der Waals surface area contributed by atoms with Crippen molar-refractivity contribution in [3.8, 4) is 5.75 Å². The van der Waals surface area contributed by atoms with Crippen molar-refractivity contribution in [1.29, 1.82) is 0 Å². The monoisotopic (exact) mass is 524 g/mol. The summed E-state index contributed by atoms with van der Waals surface area (Å²) in [6.07, 6.45) is 1.66. The largest absolute Gasteiger partial charge is 0.491 e. The maximum atomic E-state index is 13.1. The van der Waals surface area contributed by atoms with Gasteiger partial charge in [-0.05, 0) is 49.9 Å². The van der Waals surface area contributed by atoms with Crippen molar-refractivity contribution in [2.24, 2.45) is 0 Å². The number of hydrogen-bond acceptors (Lipinski definition) is 6. The van der Waals surface area contributed by atoms with Gasteiger partial charge in [-0.15, -0.1) is 0 Å². The second-order valence-corrected chi connectivity index (χ2v) is 9.36. The number of ether oxygens (including phenoxy) is 1. The number of benzene rings is 2. The number of rotatable bonds is 3. The number of carbonyl (C=O) groups excluding carboxylic acids is 3. The number of carbonyl (C=O) groups is 3. The molecule has 1 atom stereocenters. The van der Waals surface area contributed by atoms with Crippen LogP contribution in [0.1, 0.15) is 45.0 Å². The molecule has 0 radical (unpaired) electrons. The Morgan fingerprint density at radius 3 is 2.70 bits per heavy atom. The summed E-state index contributed by atoms with van der Waals surface area (Å²) < 4.78 is 11.2. The zero-order chi connectivity index (χ0) is 26.2. The van der Waals surface area contributed by atoms with Gasteiger partial charge in [0.25, 0.3) is 11.8 Å². The second kappa shape index (κ2) is 12.4. The van der Waals surface area contributed by atoms with Gasteiger partial charge in [-0.2, -0.15) is 0 Å². The van der Waals surface area contributed by atoms with Gasteiger partial charge in [0.2, 0.25) is 11.7 Å². The average Bonchev–Trinajstić information content (AvgIpc) is 3.32. The second-order valence-electron chi connectivity index (χ2n) is 8.93. The lowest BCUT2D eigenvalue weighted by molar-refractivity contribution is -0.122. The zero-order valence-corrected chi connectivity index (χ0v) is 21.3. The molecule has 0 aliphatic carbocycles. The molecule has 4 rings (SSSR count). The maximum Gasteiger partial charge on any atom is 0.292 e. The molecule has 1 aromatic heterocycles. The van der Waals surface area contributed by atoms with Gasteiger partial charge in [-0.25, -0.2) is 0 Å². The van der Waals surface area contributed by atoms with Gasteiger partial charge in [-0.3, -0.25) is 14.4 Å². The molecule has 1 aliphatic rings. The fraction of sp³-hybridized carbons (Fsp3) is 0.333. The summed E-state index contributed by atoms with van der Waals surface area (Å²) >= 11 is 6.15. The van der Waals surface area contributed by atoms with E-state index in [1.54, 1.807) is 31.2 Å². The fourth-order valence-corrected chi connectivity index (χ4v) is 4.26. The summed E-state index contributed by atoms with van der Waals surface area (Å²) in [5.74, 6) is -0.591. The van der Waals surface area contributed by atoms with E-state index in [4.69, 9.17) is 20.9 Å². The molecule has 10 heteroatoms. The number of nitrogens with zero attached hydrogens (tertiary/aromatic N) is 2. The summed E-state index contributed by atoms with van der Waals surface area (Å²) in [7, 11) is 0. The molecule has 0 bridgehead atoms. The van der Waals surface area contributed by atoms with Crippen LogP contribution in [-0.4, -0.2) is 60.1 Å². The number of amides is 3. The van der Waals surface area contributed by atoms with Crippen LogP contribution in [0, 0.1) is 6.92 Å². The van der Waals surface area contributed by atoms with E-state index in [0.717, 1.165) is 5.56 Å². The summed E-state index contributed by atoms with van der Waals surface area (Å²) in [6.45, 7) is 2.38. The van der Waals surface area contributed by atoms with Gasteiger partial charge in [0.1, 0.15) is 12.4 Å². The van der Waals surface area contributed by atoms with Crippen LogP contribution in [0.15, 0.2) is 59.1 Å². The SMILES string of the molecule is Cc1cc(C(=O)N2CCCCNC(=O)c3cc(Cl)ccc3OC[C@H](Cc3ccccc3)NC(=O)C2)on1.